The molecule has 0 bridgehead atoms. The second-order valence-corrected chi connectivity index (χ2v) is 5.05. The quantitative estimate of drug-likeness (QED) is 0.425. The highest BCUT2D eigenvalue weighted by Crippen LogP contribution is 2.26. The summed E-state index contributed by atoms with van der Waals surface area (Å²) >= 11 is 0. The highest BCUT2D eigenvalue weighted by molar-refractivity contribution is 4.95. The van der Waals surface area contributed by atoms with Crippen molar-refractivity contribution in [2.75, 3.05) is 13.1 Å². The SMILES string of the molecule is CC(C)=CCNCC1(O)CCCCCC1. The van der Waals surface area contributed by atoms with E-state index in [4.69, 9.17) is 0 Å². The summed E-state index contributed by atoms with van der Waals surface area (Å²) in [4.78, 5) is 0. The predicted octanol–water partition coefficient (Wildman–Crippen LogP) is 2.63. The van der Waals surface area contributed by atoms with Gasteiger partial charge in [0.2, 0.25) is 0 Å². The minimum absolute atomic E-state index is 0.439. The third kappa shape index (κ3) is 5.33. The van der Waals surface area contributed by atoms with Crippen LogP contribution in [0, 0.1) is 0 Å². The Morgan fingerprint density at radius 2 is 1.80 bits per heavy atom. The fourth-order valence-corrected chi connectivity index (χ4v) is 2.14. The number of aliphatic hydroxyl groups is 1. The van der Waals surface area contributed by atoms with E-state index in [2.05, 4.69) is 25.2 Å². The second kappa shape index (κ2) is 6.29. The smallest absolute Gasteiger partial charge is 0.0771 e. The molecule has 0 atom stereocenters. The van der Waals surface area contributed by atoms with E-state index in [1.807, 2.05) is 0 Å². The van der Waals surface area contributed by atoms with Gasteiger partial charge >= 0.3 is 0 Å². The lowest BCUT2D eigenvalue weighted by Gasteiger charge is -2.26. The van der Waals surface area contributed by atoms with Crippen molar-refractivity contribution in [2.45, 2.75) is 58.0 Å². The van der Waals surface area contributed by atoms with Crippen molar-refractivity contribution in [3.8, 4) is 0 Å². The summed E-state index contributed by atoms with van der Waals surface area (Å²) in [5, 5.41) is 13.7. The Hall–Kier alpha value is -0.340. The number of allylic oxidation sites excluding steroid dienone is 1. The standard InChI is InChI=1S/C13H25NO/c1-12(2)7-10-14-11-13(15)8-5-3-4-6-9-13/h7,14-15H,3-6,8-11H2,1-2H3. The van der Waals surface area contributed by atoms with Crippen LogP contribution >= 0.6 is 0 Å². The van der Waals surface area contributed by atoms with Gasteiger partial charge in [0.15, 0.2) is 0 Å². The average molecular weight is 211 g/mol. The molecular formula is C13H25NO. The lowest BCUT2D eigenvalue weighted by molar-refractivity contribution is 0.0262. The first-order chi connectivity index (χ1) is 7.12. The molecule has 0 heterocycles. The zero-order valence-electron chi connectivity index (χ0n) is 10.2. The largest absolute Gasteiger partial charge is 0.389 e. The predicted molar refractivity (Wildman–Crippen MR) is 65.0 cm³/mol. The van der Waals surface area contributed by atoms with Gasteiger partial charge in [0.05, 0.1) is 5.60 Å². The highest BCUT2D eigenvalue weighted by atomic mass is 16.3. The van der Waals surface area contributed by atoms with Crippen molar-refractivity contribution in [3.05, 3.63) is 11.6 Å². The van der Waals surface area contributed by atoms with E-state index in [1.54, 1.807) is 0 Å². The minimum Gasteiger partial charge on any atom is -0.389 e. The molecule has 2 N–H and O–H groups in total. The summed E-state index contributed by atoms with van der Waals surface area (Å²) in [5.74, 6) is 0. The highest BCUT2D eigenvalue weighted by Gasteiger charge is 2.26. The Morgan fingerprint density at radius 1 is 1.20 bits per heavy atom. The third-order valence-corrected chi connectivity index (χ3v) is 3.14. The van der Waals surface area contributed by atoms with Crippen molar-refractivity contribution >= 4 is 0 Å². The van der Waals surface area contributed by atoms with Crippen molar-refractivity contribution in [1.29, 1.82) is 0 Å². The van der Waals surface area contributed by atoms with Gasteiger partial charge in [-0.3, -0.25) is 0 Å². The molecule has 0 aromatic heterocycles. The van der Waals surface area contributed by atoms with Crippen molar-refractivity contribution in [2.24, 2.45) is 0 Å². The Balaban J connectivity index is 2.25. The molecule has 0 amide bonds. The van der Waals surface area contributed by atoms with Crippen LogP contribution in [0.15, 0.2) is 11.6 Å². The first-order valence-corrected chi connectivity index (χ1v) is 6.19. The molecule has 2 nitrogen and oxygen atoms in total. The van der Waals surface area contributed by atoms with Crippen LogP contribution in [0.5, 0.6) is 0 Å². The van der Waals surface area contributed by atoms with Crippen LogP contribution < -0.4 is 5.32 Å². The molecule has 88 valence electrons. The number of hydrogen-bond donors (Lipinski definition) is 2. The van der Waals surface area contributed by atoms with Crippen molar-refractivity contribution < 1.29 is 5.11 Å². The second-order valence-electron chi connectivity index (χ2n) is 5.05. The molecule has 0 aromatic carbocycles. The summed E-state index contributed by atoms with van der Waals surface area (Å²) in [6.07, 6.45) is 9.04. The van der Waals surface area contributed by atoms with Gasteiger partial charge in [0, 0.05) is 13.1 Å². The Bertz CT molecular complexity index is 199. The minimum atomic E-state index is -0.439. The Morgan fingerprint density at radius 3 is 2.33 bits per heavy atom. The van der Waals surface area contributed by atoms with Crippen LogP contribution in [0.2, 0.25) is 0 Å². The van der Waals surface area contributed by atoms with E-state index in [1.165, 1.54) is 31.3 Å². The van der Waals surface area contributed by atoms with Crippen LogP contribution in [-0.4, -0.2) is 23.8 Å². The van der Waals surface area contributed by atoms with Crippen LogP contribution in [0.1, 0.15) is 52.4 Å². The van der Waals surface area contributed by atoms with Gasteiger partial charge in [-0.25, -0.2) is 0 Å². The molecule has 1 aliphatic rings. The lowest BCUT2D eigenvalue weighted by Crippen LogP contribution is -2.40. The van der Waals surface area contributed by atoms with E-state index in [0.29, 0.717) is 0 Å². The molecule has 0 saturated heterocycles. The Kier molecular flexibility index (Phi) is 5.34. The monoisotopic (exact) mass is 211 g/mol. The van der Waals surface area contributed by atoms with Gasteiger partial charge in [-0.15, -0.1) is 0 Å². The van der Waals surface area contributed by atoms with Gasteiger partial charge < -0.3 is 10.4 Å². The zero-order chi connectivity index (χ0) is 11.1. The summed E-state index contributed by atoms with van der Waals surface area (Å²) in [5.41, 5.74) is 0.891. The number of nitrogens with one attached hydrogen (secondary N) is 1. The molecule has 1 fully saturated rings. The third-order valence-electron chi connectivity index (χ3n) is 3.14. The average Bonchev–Trinajstić information content (AvgIpc) is 2.38. The summed E-state index contributed by atoms with van der Waals surface area (Å²) in [6, 6.07) is 0. The maximum absolute atomic E-state index is 10.3. The van der Waals surface area contributed by atoms with E-state index in [0.717, 1.165) is 25.9 Å². The zero-order valence-corrected chi connectivity index (χ0v) is 10.2. The van der Waals surface area contributed by atoms with E-state index < -0.39 is 5.60 Å². The summed E-state index contributed by atoms with van der Waals surface area (Å²) in [7, 11) is 0. The van der Waals surface area contributed by atoms with Crippen LogP contribution in [-0.2, 0) is 0 Å². The topological polar surface area (TPSA) is 32.3 Å². The van der Waals surface area contributed by atoms with Gasteiger partial charge in [-0.05, 0) is 26.7 Å². The first kappa shape index (κ1) is 12.7. The molecular weight excluding hydrogens is 186 g/mol. The number of hydrogen-bond acceptors (Lipinski definition) is 2. The van der Waals surface area contributed by atoms with Gasteiger partial charge in [0.25, 0.3) is 0 Å². The maximum atomic E-state index is 10.3. The fraction of sp³-hybridized carbons (Fsp3) is 0.846. The molecule has 0 spiro atoms. The molecule has 0 aliphatic heterocycles. The maximum Gasteiger partial charge on any atom is 0.0771 e. The molecule has 1 aliphatic carbocycles. The van der Waals surface area contributed by atoms with Crippen LogP contribution in [0.25, 0.3) is 0 Å². The van der Waals surface area contributed by atoms with Crippen molar-refractivity contribution in [3.63, 3.8) is 0 Å². The normalized spacial score (nSPS) is 20.7. The van der Waals surface area contributed by atoms with Gasteiger partial charge in [0.1, 0.15) is 0 Å². The summed E-state index contributed by atoms with van der Waals surface area (Å²) < 4.78 is 0. The molecule has 1 saturated carbocycles. The molecule has 0 aromatic rings. The van der Waals surface area contributed by atoms with E-state index in [-0.39, 0.29) is 0 Å². The molecule has 1 rings (SSSR count). The molecule has 15 heavy (non-hydrogen) atoms. The summed E-state index contributed by atoms with van der Waals surface area (Å²) in [6.45, 7) is 5.82. The van der Waals surface area contributed by atoms with E-state index >= 15 is 0 Å². The molecule has 0 unspecified atom stereocenters. The number of rotatable bonds is 4. The van der Waals surface area contributed by atoms with Gasteiger partial charge in [-0.2, -0.15) is 0 Å². The van der Waals surface area contributed by atoms with Crippen LogP contribution in [0.4, 0.5) is 0 Å². The molecule has 2 heteroatoms. The Labute approximate surface area is 93.8 Å². The van der Waals surface area contributed by atoms with E-state index in [9.17, 15) is 5.11 Å². The molecule has 0 radical (unpaired) electrons. The lowest BCUT2D eigenvalue weighted by atomic mass is 9.94. The van der Waals surface area contributed by atoms with Gasteiger partial charge in [-0.1, -0.05) is 37.3 Å². The first-order valence-electron chi connectivity index (χ1n) is 6.19. The van der Waals surface area contributed by atoms with Crippen molar-refractivity contribution in [1.82, 2.24) is 5.32 Å². The van der Waals surface area contributed by atoms with Crippen LogP contribution in [0.3, 0.4) is 0 Å². The fourth-order valence-electron chi connectivity index (χ4n) is 2.14.